The second-order valence-electron chi connectivity index (χ2n) is 10.8. The number of allylic oxidation sites excluding steroid dienone is 4. The summed E-state index contributed by atoms with van der Waals surface area (Å²) in [5, 5.41) is 0. The van der Waals surface area contributed by atoms with Gasteiger partial charge in [-0.2, -0.15) is 8.42 Å². The van der Waals surface area contributed by atoms with Crippen molar-refractivity contribution in [3.8, 4) is 0 Å². The van der Waals surface area contributed by atoms with Gasteiger partial charge in [0.25, 0.3) is 10.1 Å². The minimum atomic E-state index is -4.76. The van der Waals surface area contributed by atoms with Crippen LogP contribution in [0.15, 0.2) is 47.4 Å². The Bertz CT molecular complexity index is 1040. The maximum absolute atomic E-state index is 12.9. The lowest BCUT2D eigenvalue weighted by Crippen LogP contribution is -2.19. The van der Waals surface area contributed by atoms with Crippen molar-refractivity contribution in [3.05, 3.63) is 53.6 Å². The Morgan fingerprint density at radius 1 is 0.643 bits per heavy atom. The van der Waals surface area contributed by atoms with Crippen LogP contribution in [0.4, 0.5) is 0 Å². The molecule has 0 aliphatic heterocycles. The van der Waals surface area contributed by atoms with Gasteiger partial charge in [0.05, 0.1) is 24.3 Å². The van der Waals surface area contributed by atoms with E-state index >= 15 is 0 Å². The zero-order valence-electron chi connectivity index (χ0n) is 26.0. The number of benzene rings is 1. The van der Waals surface area contributed by atoms with E-state index < -0.39 is 32.5 Å². The molecule has 0 amide bonds. The predicted octanol–water partition coefficient (Wildman–Crippen LogP) is 9.42. The molecule has 0 saturated heterocycles. The molecule has 0 heterocycles. The van der Waals surface area contributed by atoms with E-state index in [-0.39, 0.29) is 18.8 Å². The second kappa shape index (κ2) is 24.0. The fourth-order valence-corrected chi connectivity index (χ4v) is 5.24. The van der Waals surface area contributed by atoms with E-state index in [1.165, 1.54) is 63.5 Å². The SMILES string of the molecule is CCCCCC/C=C/CCCCCOC(=O)c1cccc(S(=O)(=O)O)c1C(=O)OCCCCC/C=C/CCCCCC. The number of hydrogen-bond acceptors (Lipinski definition) is 6. The molecular weight excluding hydrogens is 552 g/mol. The highest BCUT2D eigenvalue weighted by atomic mass is 32.2. The molecule has 0 spiro atoms. The van der Waals surface area contributed by atoms with Crippen molar-refractivity contribution in [2.45, 2.75) is 134 Å². The molecule has 238 valence electrons. The molecular formula is C34H54O7S. The normalized spacial score (nSPS) is 11.9. The Morgan fingerprint density at radius 2 is 1.07 bits per heavy atom. The largest absolute Gasteiger partial charge is 0.462 e. The van der Waals surface area contributed by atoms with Crippen molar-refractivity contribution >= 4 is 22.1 Å². The van der Waals surface area contributed by atoms with E-state index in [0.717, 1.165) is 57.4 Å². The topological polar surface area (TPSA) is 107 Å². The molecule has 0 aliphatic rings. The zero-order valence-corrected chi connectivity index (χ0v) is 26.8. The summed E-state index contributed by atoms with van der Waals surface area (Å²) in [6.45, 7) is 4.64. The summed E-state index contributed by atoms with van der Waals surface area (Å²) in [6, 6.07) is 3.69. The third-order valence-electron chi connectivity index (χ3n) is 7.01. The maximum atomic E-state index is 12.9. The van der Waals surface area contributed by atoms with Crippen LogP contribution in [-0.4, -0.2) is 38.1 Å². The van der Waals surface area contributed by atoms with E-state index in [4.69, 9.17) is 9.47 Å². The zero-order chi connectivity index (χ0) is 30.9. The highest BCUT2D eigenvalue weighted by Gasteiger charge is 2.28. The first kappa shape index (κ1) is 37.6. The lowest BCUT2D eigenvalue weighted by molar-refractivity contribution is 0.0447. The minimum Gasteiger partial charge on any atom is -0.462 e. The number of rotatable bonds is 25. The van der Waals surface area contributed by atoms with Gasteiger partial charge in [0, 0.05) is 0 Å². The van der Waals surface area contributed by atoms with Crippen LogP contribution in [0, 0.1) is 0 Å². The van der Waals surface area contributed by atoms with Crippen molar-refractivity contribution in [3.63, 3.8) is 0 Å². The Kier molecular flexibility index (Phi) is 21.5. The van der Waals surface area contributed by atoms with Gasteiger partial charge in [-0.15, -0.1) is 0 Å². The molecule has 0 unspecified atom stereocenters. The smallest absolute Gasteiger partial charge is 0.340 e. The van der Waals surface area contributed by atoms with Crippen LogP contribution >= 0.6 is 0 Å². The molecule has 8 heteroatoms. The first-order valence-corrected chi connectivity index (χ1v) is 17.5. The number of carbonyl (C=O) groups is 2. The number of carbonyl (C=O) groups excluding carboxylic acids is 2. The fourth-order valence-electron chi connectivity index (χ4n) is 4.54. The van der Waals surface area contributed by atoms with Crippen LogP contribution < -0.4 is 0 Å². The van der Waals surface area contributed by atoms with Crippen molar-refractivity contribution in [2.24, 2.45) is 0 Å². The summed E-state index contributed by atoms with van der Waals surface area (Å²) in [7, 11) is -4.76. The molecule has 1 N–H and O–H groups in total. The van der Waals surface area contributed by atoms with E-state index in [0.29, 0.717) is 12.8 Å². The first-order chi connectivity index (χ1) is 20.3. The van der Waals surface area contributed by atoms with Crippen LogP contribution in [-0.2, 0) is 19.6 Å². The highest BCUT2D eigenvalue weighted by Crippen LogP contribution is 2.22. The minimum absolute atomic E-state index is 0.0844. The van der Waals surface area contributed by atoms with Gasteiger partial charge in [-0.05, 0) is 89.2 Å². The molecule has 0 aliphatic carbocycles. The molecule has 1 aromatic carbocycles. The predicted molar refractivity (Wildman–Crippen MR) is 170 cm³/mol. The van der Waals surface area contributed by atoms with Crippen LogP contribution in [0.1, 0.15) is 150 Å². The van der Waals surface area contributed by atoms with Crippen molar-refractivity contribution in [1.82, 2.24) is 0 Å². The van der Waals surface area contributed by atoms with Crippen LogP contribution in [0.3, 0.4) is 0 Å². The Labute approximate surface area is 254 Å². The first-order valence-electron chi connectivity index (χ1n) is 16.1. The molecule has 0 fully saturated rings. The Morgan fingerprint density at radius 3 is 1.50 bits per heavy atom. The van der Waals surface area contributed by atoms with E-state index in [1.807, 2.05) is 0 Å². The van der Waals surface area contributed by atoms with Gasteiger partial charge in [-0.1, -0.05) is 82.7 Å². The standard InChI is InChI=1S/C34H54O7S/c1-3-5-7-9-11-13-15-17-19-21-23-28-40-33(35)30-26-25-27-31(42(37,38)39)32(30)34(36)41-29-24-22-20-18-16-14-12-10-8-6-4-2/h13-16,25-27H,3-12,17-24,28-29H2,1-2H3,(H,37,38,39)/b15-13+,16-14+. The number of unbranched alkanes of at least 4 members (excludes halogenated alkanes) is 14. The summed E-state index contributed by atoms with van der Waals surface area (Å²) in [4.78, 5) is 25.0. The summed E-state index contributed by atoms with van der Waals surface area (Å²) in [6.07, 6.45) is 27.9. The van der Waals surface area contributed by atoms with Gasteiger partial charge >= 0.3 is 11.9 Å². The molecule has 42 heavy (non-hydrogen) atoms. The maximum Gasteiger partial charge on any atom is 0.340 e. The third-order valence-corrected chi connectivity index (χ3v) is 7.90. The lowest BCUT2D eigenvalue weighted by atomic mass is 10.1. The molecule has 0 saturated carbocycles. The van der Waals surface area contributed by atoms with Gasteiger partial charge in [0.15, 0.2) is 0 Å². The number of esters is 2. The summed E-state index contributed by atoms with van der Waals surface area (Å²) in [5.74, 6) is -1.79. The van der Waals surface area contributed by atoms with Gasteiger partial charge in [-0.25, -0.2) is 9.59 Å². The monoisotopic (exact) mass is 606 g/mol. The third kappa shape index (κ3) is 17.5. The Balaban J connectivity index is 2.49. The van der Waals surface area contributed by atoms with E-state index in [2.05, 4.69) is 38.2 Å². The van der Waals surface area contributed by atoms with Crippen LogP contribution in [0.25, 0.3) is 0 Å². The summed E-state index contributed by atoms with van der Waals surface area (Å²) >= 11 is 0. The number of hydrogen-bond donors (Lipinski definition) is 1. The van der Waals surface area contributed by atoms with Crippen LogP contribution in [0.5, 0.6) is 0 Å². The van der Waals surface area contributed by atoms with Gasteiger partial charge < -0.3 is 9.47 Å². The molecule has 1 rings (SSSR count). The van der Waals surface area contributed by atoms with E-state index in [9.17, 15) is 22.6 Å². The average molecular weight is 607 g/mol. The lowest BCUT2D eigenvalue weighted by Gasteiger charge is -2.12. The van der Waals surface area contributed by atoms with Gasteiger partial charge in [-0.3, -0.25) is 4.55 Å². The quantitative estimate of drug-likeness (QED) is 0.0511. The summed E-state index contributed by atoms with van der Waals surface area (Å²) in [5.41, 5.74) is -0.717. The molecule has 7 nitrogen and oxygen atoms in total. The molecule has 0 bridgehead atoms. The van der Waals surface area contributed by atoms with Gasteiger partial charge in [0.1, 0.15) is 4.90 Å². The average Bonchev–Trinajstić information content (AvgIpc) is 2.97. The number of ether oxygens (including phenoxy) is 2. The Hall–Kier alpha value is -2.45. The molecule has 1 aromatic rings. The van der Waals surface area contributed by atoms with Crippen molar-refractivity contribution in [1.29, 1.82) is 0 Å². The van der Waals surface area contributed by atoms with E-state index in [1.54, 1.807) is 0 Å². The van der Waals surface area contributed by atoms with Crippen molar-refractivity contribution < 1.29 is 32.0 Å². The molecule has 0 atom stereocenters. The molecule has 0 radical (unpaired) electrons. The van der Waals surface area contributed by atoms with Crippen molar-refractivity contribution in [2.75, 3.05) is 13.2 Å². The summed E-state index contributed by atoms with van der Waals surface area (Å²) < 4.78 is 44.3. The van der Waals surface area contributed by atoms with Crippen LogP contribution in [0.2, 0.25) is 0 Å². The van der Waals surface area contributed by atoms with Gasteiger partial charge in [0.2, 0.25) is 0 Å². The fraction of sp³-hybridized carbons (Fsp3) is 0.647. The second-order valence-corrected chi connectivity index (χ2v) is 12.2. The highest BCUT2D eigenvalue weighted by molar-refractivity contribution is 7.86. The molecule has 0 aromatic heterocycles.